The van der Waals surface area contributed by atoms with Gasteiger partial charge >= 0.3 is 0 Å². The minimum absolute atomic E-state index is 0.137. The molecule has 0 fully saturated rings. The standard InChI is InChI=1S/C14H10ClN7O.C8H8FN.C2H6/c15-7-2-1-3-8-10(7)14(23)22-9(21-8)4-16-12-11-13(18-5-17-11)20-6-19-12;9-7-1-2-8-6(5-7)3-4-10-8;1-2/h1-3,5-6H,4H2,(H,21,22,23)(H2,16,17,18,19,20);1-2,5,10H,3-4H2;1-2H3. The lowest BCUT2D eigenvalue weighted by molar-refractivity contribution is 0.626. The van der Waals surface area contributed by atoms with E-state index < -0.39 is 0 Å². The molecule has 4 N–H and O–H groups in total. The third-order valence-electron chi connectivity index (χ3n) is 5.16. The lowest BCUT2D eigenvalue weighted by Gasteiger charge is -2.07. The molecule has 5 aromatic rings. The molecule has 0 saturated heterocycles. The first-order valence-corrected chi connectivity index (χ1v) is 11.5. The quantitative estimate of drug-likeness (QED) is 0.287. The number of nitrogens with zero attached hydrogens (tertiary/aromatic N) is 4. The summed E-state index contributed by atoms with van der Waals surface area (Å²) in [5.41, 5.74) is 3.72. The van der Waals surface area contributed by atoms with Crippen molar-refractivity contribution in [3.05, 3.63) is 81.6 Å². The third kappa shape index (κ3) is 5.38. The van der Waals surface area contributed by atoms with E-state index in [-0.39, 0.29) is 11.4 Å². The number of hydrogen-bond acceptors (Lipinski definition) is 7. The molecule has 0 atom stereocenters. The van der Waals surface area contributed by atoms with Crippen LogP contribution in [0.4, 0.5) is 15.9 Å². The number of aromatic nitrogens is 6. The maximum absolute atomic E-state index is 12.5. The maximum Gasteiger partial charge on any atom is 0.260 e. The fraction of sp³-hybridized carbons (Fsp3) is 0.208. The molecule has 0 saturated carbocycles. The zero-order valence-corrected chi connectivity index (χ0v) is 19.9. The van der Waals surface area contributed by atoms with Crippen molar-refractivity contribution in [1.29, 1.82) is 0 Å². The number of anilines is 2. The maximum atomic E-state index is 12.5. The Balaban J connectivity index is 0.000000200. The molecule has 4 heterocycles. The van der Waals surface area contributed by atoms with E-state index in [0.29, 0.717) is 45.3 Å². The van der Waals surface area contributed by atoms with E-state index in [4.69, 9.17) is 11.6 Å². The van der Waals surface area contributed by atoms with Crippen molar-refractivity contribution in [2.24, 2.45) is 0 Å². The van der Waals surface area contributed by atoms with Crippen LogP contribution in [0.15, 0.2) is 53.8 Å². The van der Waals surface area contributed by atoms with E-state index in [1.807, 2.05) is 13.8 Å². The van der Waals surface area contributed by atoms with E-state index in [1.54, 1.807) is 36.7 Å². The monoisotopic (exact) mass is 494 g/mol. The highest BCUT2D eigenvalue weighted by molar-refractivity contribution is 6.35. The van der Waals surface area contributed by atoms with Gasteiger partial charge in [0.2, 0.25) is 0 Å². The van der Waals surface area contributed by atoms with Crippen molar-refractivity contribution in [2.75, 3.05) is 17.2 Å². The topological polar surface area (TPSA) is 124 Å². The Hall–Kier alpha value is -4.05. The fourth-order valence-corrected chi connectivity index (χ4v) is 3.88. The van der Waals surface area contributed by atoms with Crippen molar-refractivity contribution in [3.8, 4) is 0 Å². The molecule has 0 bridgehead atoms. The van der Waals surface area contributed by atoms with Crippen molar-refractivity contribution in [2.45, 2.75) is 26.8 Å². The van der Waals surface area contributed by atoms with Gasteiger partial charge in [0.15, 0.2) is 11.5 Å². The van der Waals surface area contributed by atoms with Gasteiger partial charge in [-0.05, 0) is 42.3 Å². The van der Waals surface area contributed by atoms with Crippen molar-refractivity contribution >= 4 is 45.2 Å². The summed E-state index contributed by atoms with van der Waals surface area (Å²) < 4.78 is 12.5. The number of rotatable bonds is 3. The van der Waals surface area contributed by atoms with Gasteiger partial charge in [0, 0.05) is 12.2 Å². The van der Waals surface area contributed by atoms with E-state index >= 15 is 0 Å². The van der Waals surface area contributed by atoms with Crippen LogP contribution in [0, 0.1) is 5.82 Å². The molecule has 11 heteroatoms. The number of fused-ring (bicyclic) bond motifs is 3. The SMILES string of the molecule is CC.Fc1ccc2c(c1)CCN2.O=c1[nH]c(CNc2ncnc3nc[nH]c23)nc2cccc(Cl)c12. The van der Waals surface area contributed by atoms with Gasteiger partial charge in [0.1, 0.15) is 23.5 Å². The van der Waals surface area contributed by atoms with Gasteiger partial charge < -0.3 is 20.6 Å². The predicted octanol–water partition coefficient (Wildman–Crippen LogP) is 4.67. The van der Waals surface area contributed by atoms with Crippen LogP contribution in [-0.2, 0) is 13.0 Å². The van der Waals surface area contributed by atoms with Crippen LogP contribution in [0.3, 0.4) is 0 Å². The molecule has 180 valence electrons. The number of halogens is 2. The lowest BCUT2D eigenvalue weighted by Crippen LogP contribution is -2.15. The fourth-order valence-electron chi connectivity index (χ4n) is 3.62. The summed E-state index contributed by atoms with van der Waals surface area (Å²) in [5.74, 6) is 0.930. The first-order valence-electron chi connectivity index (χ1n) is 11.2. The first kappa shape index (κ1) is 24.1. The molecule has 35 heavy (non-hydrogen) atoms. The minimum Gasteiger partial charge on any atom is -0.384 e. The van der Waals surface area contributed by atoms with E-state index in [0.717, 1.165) is 24.2 Å². The van der Waals surface area contributed by atoms with Gasteiger partial charge in [-0.15, -0.1) is 0 Å². The van der Waals surface area contributed by atoms with E-state index in [2.05, 4.69) is 40.5 Å². The highest BCUT2D eigenvalue weighted by Gasteiger charge is 2.10. The highest BCUT2D eigenvalue weighted by atomic mass is 35.5. The summed E-state index contributed by atoms with van der Waals surface area (Å²) in [4.78, 5) is 34.5. The molecule has 1 aliphatic rings. The molecule has 0 aliphatic carbocycles. The largest absolute Gasteiger partial charge is 0.384 e. The zero-order chi connectivity index (χ0) is 24.8. The second-order valence-corrected chi connectivity index (χ2v) is 7.71. The van der Waals surface area contributed by atoms with Gasteiger partial charge in [-0.3, -0.25) is 4.79 Å². The van der Waals surface area contributed by atoms with Crippen LogP contribution in [0.5, 0.6) is 0 Å². The number of nitrogens with one attached hydrogen (secondary N) is 4. The Morgan fingerprint density at radius 1 is 1.14 bits per heavy atom. The van der Waals surface area contributed by atoms with E-state index in [9.17, 15) is 9.18 Å². The van der Waals surface area contributed by atoms with E-state index in [1.165, 1.54) is 12.4 Å². The molecule has 0 radical (unpaired) electrons. The summed E-state index contributed by atoms with van der Waals surface area (Å²) in [5, 5.41) is 7.03. The van der Waals surface area contributed by atoms with Crippen LogP contribution in [0.25, 0.3) is 22.1 Å². The Morgan fingerprint density at radius 3 is 2.86 bits per heavy atom. The number of aromatic amines is 2. The van der Waals surface area contributed by atoms with Gasteiger partial charge in [0.05, 0.1) is 28.8 Å². The smallest absolute Gasteiger partial charge is 0.260 e. The molecule has 0 spiro atoms. The van der Waals surface area contributed by atoms with Gasteiger partial charge in [-0.1, -0.05) is 31.5 Å². The first-order chi connectivity index (χ1) is 17.1. The van der Waals surface area contributed by atoms with Crippen LogP contribution in [-0.4, -0.2) is 36.4 Å². The van der Waals surface area contributed by atoms with Gasteiger partial charge in [0.25, 0.3) is 5.56 Å². The molecule has 2 aromatic carbocycles. The van der Waals surface area contributed by atoms with Crippen LogP contribution in [0.1, 0.15) is 25.2 Å². The second-order valence-electron chi connectivity index (χ2n) is 7.30. The number of imidazole rings is 1. The molecule has 9 nitrogen and oxygen atoms in total. The summed E-state index contributed by atoms with van der Waals surface area (Å²) in [6, 6.07) is 10.0. The summed E-state index contributed by atoms with van der Waals surface area (Å²) in [7, 11) is 0. The van der Waals surface area contributed by atoms with Crippen molar-refractivity contribution < 1.29 is 4.39 Å². The van der Waals surface area contributed by atoms with Crippen molar-refractivity contribution in [1.82, 2.24) is 29.9 Å². The van der Waals surface area contributed by atoms with Crippen molar-refractivity contribution in [3.63, 3.8) is 0 Å². The third-order valence-corrected chi connectivity index (χ3v) is 5.47. The number of hydrogen-bond donors (Lipinski definition) is 4. The summed E-state index contributed by atoms with van der Waals surface area (Å²) in [6.07, 6.45) is 3.91. The summed E-state index contributed by atoms with van der Waals surface area (Å²) in [6.45, 7) is 5.24. The number of benzene rings is 2. The average Bonchev–Trinajstić information content (AvgIpc) is 3.53. The Labute approximate surface area is 205 Å². The second kappa shape index (κ2) is 10.9. The van der Waals surface area contributed by atoms with Crippen LogP contribution >= 0.6 is 11.6 Å². The molecular formula is C24H24ClFN8O. The molecule has 0 unspecified atom stereocenters. The van der Waals surface area contributed by atoms with Crippen LogP contribution < -0.4 is 16.2 Å². The lowest BCUT2D eigenvalue weighted by atomic mass is 10.2. The predicted molar refractivity (Wildman–Crippen MR) is 136 cm³/mol. The molecule has 6 rings (SSSR count). The average molecular weight is 495 g/mol. The zero-order valence-electron chi connectivity index (χ0n) is 19.2. The molecule has 0 amide bonds. The highest BCUT2D eigenvalue weighted by Crippen LogP contribution is 2.22. The van der Waals surface area contributed by atoms with Crippen LogP contribution in [0.2, 0.25) is 5.02 Å². The number of H-pyrrole nitrogens is 2. The minimum atomic E-state index is -0.272. The Kier molecular flexibility index (Phi) is 7.51. The normalized spacial score (nSPS) is 11.7. The molecule has 1 aliphatic heterocycles. The summed E-state index contributed by atoms with van der Waals surface area (Å²) >= 11 is 6.04. The van der Waals surface area contributed by atoms with Gasteiger partial charge in [-0.25, -0.2) is 24.3 Å². The Bertz CT molecular complexity index is 1520. The Morgan fingerprint density at radius 2 is 2.00 bits per heavy atom. The molecule has 3 aromatic heterocycles. The van der Waals surface area contributed by atoms with Gasteiger partial charge in [-0.2, -0.15) is 0 Å². The molecular weight excluding hydrogens is 471 g/mol.